The lowest BCUT2D eigenvalue weighted by atomic mass is 10.1. The van der Waals surface area contributed by atoms with Crippen LogP contribution in [0.25, 0.3) is 0 Å². The van der Waals surface area contributed by atoms with Crippen LogP contribution in [0.5, 0.6) is 0 Å². The molecule has 0 spiro atoms. The Bertz CT molecular complexity index is 979. The number of unbranched alkanes of at least 4 members (excludes halogenated alkanes) is 18. The third-order valence-corrected chi connectivity index (χ3v) is 9.48. The van der Waals surface area contributed by atoms with Gasteiger partial charge in [0, 0.05) is 13.0 Å². The molecule has 52 heavy (non-hydrogen) atoms. The molecule has 0 fully saturated rings. The number of phosphoric ester groups is 1. The molecule has 0 bridgehead atoms. The van der Waals surface area contributed by atoms with Crippen LogP contribution >= 0.6 is 7.82 Å². The third kappa shape index (κ3) is 39.3. The lowest BCUT2D eigenvalue weighted by Gasteiger charge is -2.19. The number of esters is 1. The molecule has 302 valence electrons. The first-order valence-electron chi connectivity index (χ1n) is 20.8. The highest BCUT2D eigenvalue weighted by Gasteiger charge is 2.24. The average Bonchev–Trinajstić information content (AvgIpc) is 3.14. The highest BCUT2D eigenvalue weighted by molar-refractivity contribution is 7.47. The van der Waals surface area contributed by atoms with E-state index in [9.17, 15) is 14.3 Å². The summed E-state index contributed by atoms with van der Waals surface area (Å²) >= 11 is 0. The van der Waals surface area contributed by atoms with Gasteiger partial charge in [-0.05, 0) is 89.5 Å². The van der Waals surface area contributed by atoms with Crippen LogP contribution in [0.15, 0.2) is 60.9 Å². The molecule has 0 amide bonds. The summed E-state index contributed by atoms with van der Waals surface area (Å²) in [5.74, 6) is -0.316. The summed E-state index contributed by atoms with van der Waals surface area (Å²) in [5.41, 5.74) is 5.36. The van der Waals surface area contributed by atoms with Gasteiger partial charge < -0.3 is 20.1 Å². The van der Waals surface area contributed by atoms with Crippen LogP contribution in [0.1, 0.15) is 174 Å². The summed E-state index contributed by atoms with van der Waals surface area (Å²) in [4.78, 5) is 22.2. The van der Waals surface area contributed by atoms with Crippen molar-refractivity contribution in [3.63, 3.8) is 0 Å². The number of ether oxygens (including phenoxy) is 2. The van der Waals surface area contributed by atoms with Gasteiger partial charge in [0.1, 0.15) is 6.61 Å². The standard InChI is InChI=1S/C43H78NO7P/c1-3-5-7-9-11-13-15-17-19-21-22-24-26-28-30-32-34-36-43(45)49-40-42(41-51-52(46,47)50-39-37-44)48-38-35-33-31-29-27-25-23-20-18-16-14-12-10-8-6-4-2/h11,13,17-20,22,24,35,38,42H,3-10,12,14-16,21,23,25-34,36-37,39-41,44H2,1-2H3,(H,46,47)/b13-11-,19-17-,20-18-,24-22-,38-35-/t42-/m1/s1. The topological polar surface area (TPSA) is 117 Å². The molecule has 0 aromatic carbocycles. The van der Waals surface area contributed by atoms with Crippen molar-refractivity contribution in [2.75, 3.05) is 26.4 Å². The van der Waals surface area contributed by atoms with Crippen molar-refractivity contribution in [2.24, 2.45) is 5.73 Å². The van der Waals surface area contributed by atoms with Crippen LogP contribution in [-0.2, 0) is 27.9 Å². The van der Waals surface area contributed by atoms with Gasteiger partial charge in [-0.2, -0.15) is 0 Å². The predicted octanol–water partition coefficient (Wildman–Crippen LogP) is 12.5. The first kappa shape index (κ1) is 50.0. The third-order valence-electron chi connectivity index (χ3n) is 8.50. The van der Waals surface area contributed by atoms with Crippen LogP contribution in [0.2, 0.25) is 0 Å². The van der Waals surface area contributed by atoms with Crippen molar-refractivity contribution < 1.29 is 32.8 Å². The largest absolute Gasteiger partial charge is 0.492 e. The summed E-state index contributed by atoms with van der Waals surface area (Å²) in [7, 11) is -4.28. The second-order valence-electron chi connectivity index (χ2n) is 13.6. The molecule has 3 N–H and O–H groups in total. The summed E-state index contributed by atoms with van der Waals surface area (Å²) in [5, 5.41) is 0. The van der Waals surface area contributed by atoms with Crippen molar-refractivity contribution in [3.05, 3.63) is 60.9 Å². The van der Waals surface area contributed by atoms with Crippen molar-refractivity contribution in [1.82, 2.24) is 0 Å². The van der Waals surface area contributed by atoms with E-state index in [0.717, 1.165) is 70.6 Å². The molecule has 1 unspecified atom stereocenters. The second kappa shape index (κ2) is 40.2. The average molecular weight is 752 g/mol. The van der Waals surface area contributed by atoms with E-state index in [-0.39, 0.29) is 32.3 Å². The smallest absolute Gasteiger partial charge is 0.472 e. The Morgan fingerprint density at radius 1 is 0.596 bits per heavy atom. The molecule has 0 aromatic heterocycles. The Morgan fingerprint density at radius 2 is 1.04 bits per heavy atom. The molecular weight excluding hydrogens is 673 g/mol. The maximum atomic E-state index is 12.4. The van der Waals surface area contributed by atoms with Gasteiger partial charge in [-0.1, -0.05) is 133 Å². The van der Waals surface area contributed by atoms with E-state index in [4.69, 9.17) is 24.3 Å². The number of hydrogen-bond acceptors (Lipinski definition) is 7. The number of carbonyl (C=O) groups excluding carboxylic acids is 1. The van der Waals surface area contributed by atoms with Gasteiger partial charge in [0.2, 0.25) is 0 Å². The van der Waals surface area contributed by atoms with E-state index in [1.54, 1.807) is 6.26 Å². The summed E-state index contributed by atoms with van der Waals surface area (Å²) in [6, 6.07) is 0. The first-order valence-corrected chi connectivity index (χ1v) is 22.3. The van der Waals surface area contributed by atoms with Crippen LogP contribution in [0.3, 0.4) is 0 Å². The van der Waals surface area contributed by atoms with Crippen LogP contribution in [-0.4, -0.2) is 43.3 Å². The minimum atomic E-state index is -4.28. The van der Waals surface area contributed by atoms with Crippen molar-refractivity contribution >= 4 is 13.8 Å². The van der Waals surface area contributed by atoms with Crippen LogP contribution in [0.4, 0.5) is 0 Å². The normalized spacial score (nSPS) is 14.1. The van der Waals surface area contributed by atoms with E-state index >= 15 is 0 Å². The molecule has 0 aromatic rings. The van der Waals surface area contributed by atoms with Crippen molar-refractivity contribution in [3.8, 4) is 0 Å². The van der Waals surface area contributed by atoms with Crippen molar-refractivity contribution in [1.29, 1.82) is 0 Å². The van der Waals surface area contributed by atoms with Crippen molar-refractivity contribution in [2.45, 2.75) is 180 Å². The van der Waals surface area contributed by atoms with E-state index in [1.807, 2.05) is 6.08 Å². The summed E-state index contributed by atoms with van der Waals surface area (Å²) < 4.78 is 33.1. The van der Waals surface area contributed by atoms with Gasteiger partial charge in [0.15, 0.2) is 6.10 Å². The number of phosphoric acid groups is 1. The van der Waals surface area contributed by atoms with Gasteiger partial charge in [-0.25, -0.2) is 4.57 Å². The summed E-state index contributed by atoms with van der Waals surface area (Å²) in [6.45, 7) is 4.13. The quantitative estimate of drug-likeness (QED) is 0.0210. The van der Waals surface area contributed by atoms with Gasteiger partial charge in [-0.15, -0.1) is 0 Å². The SMILES string of the molecule is CCCCC/C=C\C/C=C\C/C=C\CCCCCCC(=O)OC[C@H](COP(=O)(O)OCCN)O/C=C\CCCCCC/C=C\CCCCCCCC. The number of hydrogen-bond donors (Lipinski definition) is 2. The highest BCUT2D eigenvalue weighted by Crippen LogP contribution is 2.43. The Morgan fingerprint density at radius 3 is 1.60 bits per heavy atom. The van der Waals surface area contributed by atoms with Gasteiger partial charge in [0.05, 0.1) is 19.5 Å². The Labute approximate surface area is 319 Å². The fraction of sp³-hybridized carbons (Fsp3) is 0.744. The minimum absolute atomic E-state index is 0.0824. The molecule has 0 heterocycles. The monoisotopic (exact) mass is 752 g/mol. The fourth-order valence-corrected chi connectivity index (χ4v) is 6.10. The highest BCUT2D eigenvalue weighted by atomic mass is 31.2. The van der Waals surface area contributed by atoms with E-state index in [2.05, 4.69) is 62.5 Å². The van der Waals surface area contributed by atoms with Crippen LogP contribution < -0.4 is 5.73 Å². The van der Waals surface area contributed by atoms with Gasteiger partial charge >= 0.3 is 13.8 Å². The maximum absolute atomic E-state index is 12.4. The molecule has 9 heteroatoms. The maximum Gasteiger partial charge on any atom is 0.472 e. The number of nitrogens with two attached hydrogens (primary N) is 1. The molecule has 2 atom stereocenters. The van der Waals surface area contributed by atoms with Gasteiger partial charge in [-0.3, -0.25) is 13.8 Å². The van der Waals surface area contributed by atoms with E-state index < -0.39 is 13.9 Å². The lowest BCUT2D eigenvalue weighted by Crippen LogP contribution is -2.25. The molecule has 8 nitrogen and oxygen atoms in total. The number of rotatable bonds is 39. The minimum Gasteiger partial charge on any atom is -0.492 e. The molecular formula is C43H78NO7P. The van der Waals surface area contributed by atoms with Crippen LogP contribution in [0, 0.1) is 0 Å². The predicted molar refractivity (Wildman–Crippen MR) is 219 cm³/mol. The molecule has 0 radical (unpaired) electrons. The van der Waals surface area contributed by atoms with E-state index in [0.29, 0.717) is 6.42 Å². The Hall–Kier alpha value is -1.96. The zero-order valence-electron chi connectivity index (χ0n) is 33.3. The summed E-state index contributed by atoms with van der Waals surface area (Å²) in [6.07, 6.45) is 49.0. The molecule has 0 aliphatic carbocycles. The Kier molecular flexibility index (Phi) is 38.7. The van der Waals surface area contributed by atoms with E-state index in [1.165, 1.54) is 83.5 Å². The molecule has 0 aliphatic rings. The molecule has 0 aliphatic heterocycles. The lowest BCUT2D eigenvalue weighted by molar-refractivity contribution is -0.147. The number of carbonyl (C=O) groups is 1. The Balaban J connectivity index is 4.18. The molecule has 0 saturated heterocycles. The second-order valence-corrected chi connectivity index (χ2v) is 15.0. The fourth-order valence-electron chi connectivity index (χ4n) is 5.33. The van der Waals surface area contributed by atoms with Gasteiger partial charge in [0.25, 0.3) is 0 Å². The number of allylic oxidation sites excluding steroid dienone is 9. The molecule has 0 saturated carbocycles. The zero-order valence-corrected chi connectivity index (χ0v) is 34.2. The first-order chi connectivity index (χ1) is 25.4. The molecule has 0 rings (SSSR count). The zero-order chi connectivity index (χ0) is 38.1.